The Balaban J connectivity index is 0.000000588. The molecule has 2 aliphatic heterocycles. The summed E-state index contributed by atoms with van der Waals surface area (Å²) in [7, 11) is -3.10. The maximum absolute atomic E-state index is 13.4. The summed E-state index contributed by atoms with van der Waals surface area (Å²) in [5.41, 5.74) is 1.96. The van der Waals surface area contributed by atoms with Gasteiger partial charge in [0.15, 0.2) is 0 Å². The standard InChI is InChI=1S/C16H10B2F6O4S.C2H5NO2/c19-15(20,21)11-1-7(3-13-9(11)5-27-17(13)25)29-8-2-12(16(22,23)24)10-6-28-18(26)14(10)4-8;3-1-2(4)5/h1-4,25-26H,5-6H2;1,3H2,(H,4,5). The number of carboxylic acids is 1. The van der Waals surface area contributed by atoms with Crippen molar-refractivity contribution < 1.29 is 55.6 Å². The highest BCUT2D eigenvalue weighted by atomic mass is 32.2. The lowest BCUT2D eigenvalue weighted by Crippen LogP contribution is -2.30. The molecule has 2 aromatic rings. The van der Waals surface area contributed by atoms with Gasteiger partial charge in [0.2, 0.25) is 0 Å². The van der Waals surface area contributed by atoms with Gasteiger partial charge in [-0.1, -0.05) is 11.8 Å². The molecule has 0 aliphatic carbocycles. The zero-order valence-corrected chi connectivity index (χ0v) is 17.7. The number of aliphatic carboxylic acids is 1. The van der Waals surface area contributed by atoms with E-state index in [0.717, 1.165) is 12.1 Å². The lowest BCUT2D eigenvalue weighted by Gasteiger charge is -2.16. The number of fused-ring (bicyclic) bond motifs is 2. The minimum absolute atomic E-state index is 0.0258. The van der Waals surface area contributed by atoms with Gasteiger partial charge in [0.05, 0.1) is 30.9 Å². The first-order chi connectivity index (χ1) is 15.7. The van der Waals surface area contributed by atoms with E-state index in [1.54, 1.807) is 0 Å². The van der Waals surface area contributed by atoms with E-state index in [1.807, 2.05) is 0 Å². The summed E-state index contributed by atoms with van der Waals surface area (Å²) in [5, 5.41) is 27.2. The van der Waals surface area contributed by atoms with Crippen LogP contribution in [0.1, 0.15) is 22.3 Å². The number of benzene rings is 2. The number of carbonyl (C=O) groups is 1. The van der Waals surface area contributed by atoms with Gasteiger partial charge < -0.3 is 30.2 Å². The molecule has 0 fully saturated rings. The molecule has 0 aromatic heterocycles. The monoisotopic (exact) mass is 509 g/mol. The van der Waals surface area contributed by atoms with Crippen molar-refractivity contribution in [2.45, 2.75) is 35.4 Å². The Bertz CT molecular complexity index is 1020. The molecule has 34 heavy (non-hydrogen) atoms. The van der Waals surface area contributed by atoms with Crippen molar-refractivity contribution in [2.24, 2.45) is 5.73 Å². The molecule has 0 radical (unpaired) electrons. The Labute approximate surface area is 193 Å². The van der Waals surface area contributed by atoms with Crippen LogP contribution in [0, 0.1) is 0 Å². The third-order valence-corrected chi connectivity index (χ3v) is 5.78. The molecule has 182 valence electrons. The van der Waals surface area contributed by atoms with Crippen LogP contribution in [0.3, 0.4) is 0 Å². The molecule has 16 heteroatoms. The van der Waals surface area contributed by atoms with E-state index in [-0.39, 0.29) is 38.4 Å². The average molecular weight is 509 g/mol. The SMILES string of the molecule is NCC(=O)O.OB1OCc2c1cc(Sc1cc3c(c(C(F)(F)F)c1)COB3O)cc2C(F)(F)F. The third-order valence-electron chi connectivity index (χ3n) is 4.84. The van der Waals surface area contributed by atoms with Crippen molar-refractivity contribution in [3.05, 3.63) is 46.5 Å². The number of alkyl halides is 6. The van der Waals surface area contributed by atoms with Gasteiger partial charge in [-0.2, -0.15) is 26.3 Å². The van der Waals surface area contributed by atoms with Gasteiger partial charge in [-0.3, -0.25) is 4.79 Å². The number of halogens is 6. The van der Waals surface area contributed by atoms with E-state index in [1.165, 1.54) is 12.1 Å². The molecule has 4 rings (SSSR count). The number of hydrogen-bond donors (Lipinski definition) is 4. The second kappa shape index (κ2) is 9.79. The van der Waals surface area contributed by atoms with E-state index < -0.39 is 56.9 Å². The second-order valence-electron chi connectivity index (χ2n) is 7.10. The summed E-state index contributed by atoms with van der Waals surface area (Å²) in [4.78, 5) is 9.19. The van der Waals surface area contributed by atoms with Crippen molar-refractivity contribution in [3.63, 3.8) is 0 Å². The zero-order chi connectivity index (χ0) is 25.4. The van der Waals surface area contributed by atoms with E-state index in [2.05, 4.69) is 5.73 Å². The fourth-order valence-corrected chi connectivity index (χ4v) is 4.36. The van der Waals surface area contributed by atoms with E-state index in [4.69, 9.17) is 14.4 Å². The van der Waals surface area contributed by atoms with Crippen LogP contribution >= 0.6 is 11.8 Å². The summed E-state index contributed by atoms with van der Waals surface area (Å²) in [5.74, 6) is -0.968. The largest absolute Gasteiger partial charge is 0.491 e. The number of carboxylic acid groups (broad SMARTS) is 1. The van der Waals surface area contributed by atoms with E-state index >= 15 is 0 Å². The van der Waals surface area contributed by atoms with Gasteiger partial charge in [0.25, 0.3) is 0 Å². The maximum atomic E-state index is 13.4. The molecular weight excluding hydrogens is 494 g/mol. The van der Waals surface area contributed by atoms with Crippen molar-refractivity contribution in [3.8, 4) is 0 Å². The first-order valence-electron chi connectivity index (χ1n) is 9.39. The van der Waals surface area contributed by atoms with Crippen molar-refractivity contribution >= 4 is 42.9 Å². The van der Waals surface area contributed by atoms with Gasteiger partial charge in [-0.05, 0) is 46.3 Å². The quantitative estimate of drug-likeness (QED) is 0.362. The van der Waals surface area contributed by atoms with Gasteiger partial charge in [-0.25, -0.2) is 0 Å². The van der Waals surface area contributed by atoms with Gasteiger partial charge in [0.1, 0.15) is 0 Å². The van der Waals surface area contributed by atoms with Gasteiger partial charge >= 0.3 is 32.6 Å². The number of hydrogen-bond acceptors (Lipinski definition) is 7. The Kier molecular flexibility index (Phi) is 7.60. The van der Waals surface area contributed by atoms with Crippen LogP contribution in [0.25, 0.3) is 0 Å². The summed E-state index contributed by atoms with van der Waals surface area (Å²) in [6.07, 6.45) is -9.46. The Hall–Kier alpha value is -2.23. The first kappa shape index (κ1) is 26.4. The van der Waals surface area contributed by atoms with Crippen molar-refractivity contribution in [1.82, 2.24) is 0 Å². The molecule has 7 nitrogen and oxygen atoms in total. The lowest BCUT2D eigenvalue weighted by molar-refractivity contribution is -0.139. The minimum Gasteiger partial charge on any atom is -0.480 e. The maximum Gasteiger partial charge on any atom is 0.491 e. The normalized spacial score (nSPS) is 15.1. The van der Waals surface area contributed by atoms with Crippen LogP contribution in [-0.4, -0.2) is 41.9 Å². The van der Waals surface area contributed by atoms with Crippen molar-refractivity contribution in [2.75, 3.05) is 6.54 Å². The summed E-state index contributed by atoms with van der Waals surface area (Å²) < 4.78 is 90.1. The Morgan fingerprint density at radius 1 is 0.882 bits per heavy atom. The molecular formula is C18H15B2F6NO6S. The van der Waals surface area contributed by atoms with Crippen LogP contribution < -0.4 is 16.7 Å². The molecule has 0 atom stereocenters. The van der Waals surface area contributed by atoms with Crippen LogP contribution in [0.5, 0.6) is 0 Å². The zero-order valence-electron chi connectivity index (χ0n) is 16.9. The molecule has 0 saturated carbocycles. The van der Waals surface area contributed by atoms with Crippen LogP contribution in [0.2, 0.25) is 0 Å². The molecule has 5 N–H and O–H groups in total. The van der Waals surface area contributed by atoms with E-state index in [9.17, 15) is 41.2 Å². The molecule has 0 spiro atoms. The highest BCUT2D eigenvalue weighted by molar-refractivity contribution is 7.99. The number of nitrogens with two attached hydrogens (primary N) is 1. The highest BCUT2D eigenvalue weighted by Crippen LogP contribution is 2.40. The predicted octanol–water partition coefficient (Wildman–Crippen LogP) is 1.34. The smallest absolute Gasteiger partial charge is 0.480 e. The molecule has 2 heterocycles. The molecule has 0 saturated heterocycles. The molecule has 0 amide bonds. The fraction of sp³-hybridized carbons (Fsp3) is 0.278. The summed E-state index contributed by atoms with van der Waals surface area (Å²) in [6, 6.07) is 4.11. The topological polar surface area (TPSA) is 122 Å². The number of rotatable bonds is 3. The van der Waals surface area contributed by atoms with Crippen LogP contribution in [-0.2, 0) is 39.7 Å². The second-order valence-corrected chi connectivity index (χ2v) is 8.25. The first-order valence-corrected chi connectivity index (χ1v) is 10.2. The Morgan fingerprint density at radius 2 is 1.24 bits per heavy atom. The average Bonchev–Trinajstić information content (AvgIpc) is 3.29. The fourth-order valence-electron chi connectivity index (χ4n) is 3.36. The molecule has 2 aromatic carbocycles. The molecule has 0 bridgehead atoms. The highest BCUT2D eigenvalue weighted by Gasteiger charge is 2.41. The summed E-state index contributed by atoms with van der Waals surface area (Å²) >= 11 is 0.651. The van der Waals surface area contributed by atoms with Crippen molar-refractivity contribution in [1.29, 1.82) is 0 Å². The lowest BCUT2D eigenvalue weighted by atomic mass is 9.78. The van der Waals surface area contributed by atoms with Gasteiger partial charge in [-0.15, -0.1) is 0 Å². The van der Waals surface area contributed by atoms with Gasteiger partial charge in [0, 0.05) is 9.79 Å². The Morgan fingerprint density at radius 3 is 1.53 bits per heavy atom. The predicted molar refractivity (Wildman–Crippen MR) is 108 cm³/mol. The van der Waals surface area contributed by atoms with Crippen LogP contribution in [0.4, 0.5) is 26.3 Å². The van der Waals surface area contributed by atoms with E-state index in [0.29, 0.717) is 11.8 Å². The molecule has 2 aliphatic rings. The third kappa shape index (κ3) is 5.70. The minimum atomic E-state index is -4.73. The summed E-state index contributed by atoms with van der Waals surface area (Å²) in [6.45, 7) is -1.12. The molecule has 0 unspecified atom stereocenters. The van der Waals surface area contributed by atoms with Crippen LogP contribution in [0.15, 0.2) is 34.1 Å².